The Balaban J connectivity index is 2.05. The van der Waals surface area contributed by atoms with E-state index in [9.17, 15) is 9.90 Å². The highest BCUT2D eigenvalue weighted by Crippen LogP contribution is 2.31. The van der Waals surface area contributed by atoms with E-state index < -0.39 is 0 Å². The van der Waals surface area contributed by atoms with Crippen molar-refractivity contribution in [2.45, 2.75) is 12.8 Å². The Labute approximate surface area is 140 Å². The zero-order valence-electron chi connectivity index (χ0n) is 13.9. The second kappa shape index (κ2) is 6.84. The van der Waals surface area contributed by atoms with Crippen LogP contribution in [-0.4, -0.2) is 40.6 Å². The van der Waals surface area contributed by atoms with Crippen LogP contribution < -0.4 is 5.56 Å². The minimum atomic E-state index is -0.248. The molecule has 0 aliphatic rings. The van der Waals surface area contributed by atoms with Crippen LogP contribution in [0.3, 0.4) is 0 Å². The van der Waals surface area contributed by atoms with Gasteiger partial charge in [-0.1, -0.05) is 24.3 Å². The number of H-pyrrole nitrogens is 1. The molecule has 0 spiro atoms. The Hall–Kier alpha value is -2.66. The minimum Gasteiger partial charge on any atom is -0.506 e. The summed E-state index contributed by atoms with van der Waals surface area (Å²) in [5.41, 5.74) is 3.16. The lowest BCUT2D eigenvalue weighted by molar-refractivity contribution is 0.400. The first kappa shape index (κ1) is 16.2. The first-order chi connectivity index (χ1) is 11.6. The summed E-state index contributed by atoms with van der Waals surface area (Å²) in [6, 6.07) is 11.6. The number of nitrogens with one attached hydrogen (secondary N) is 1. The molecule has 0 radical (unpaired) electrons. The summed E-state index contributed by atoms with van der Waals surface area (Å²) in [7, 11) is 4.12. The largest absolute Gasteiger partial charge is 0.506 e. The van der Waals surface area contributed by atoms with Crippen molar-refractivity contribution in [3.63, 3.8) is 0 Å². The van der Waals surface area contributed by atoms with Crippen LogP contribution in [-0.2, 0) is 6.42 Å². The Morgan fingerprint density at radius 3 is 2.79 bits per heavy atom. The lowest BCUT2D eigenvalue weighted by Crippen LogP contribution is -2.13. The molecule has 0 aliphatic heterocycles. The highest BCUT2D eigenvalue weighted by atomic mass is 16.3. The molecule has 3 aromatic rings. The monoisotopic (exact) mass is 323 g/mol. The van der Waals surface area contributed by atoms with Gasteiger partial charge in [-0.2, -0.15) is 0 Å². The van der Waals surface area contributed by atoms with Crippen molar-refractivity contribution in [1.82, 2.24) is 14.9 Å². The number of phenolic OH excluding ortho intramolecular Hbond substituents is 1. The lowest BCUT2D eigenvalue weighted by atomic mass is 9.95. The molecule has 1 aromatic heterocycles. The highest BCUT2D eigenvalue weighted by molar-refractivity contribution is 5.89. The Bertz CT molecular complexity index is 916. The van der Waals surface area contributed by atoms with E-state index in [0.29, 0.717) is 10.9 Å². The van der Waals surface area contributed by atoms with E-state index >= 15 is 0 Å². The van der Waals surface area contributed by atoms with Gasteiger partial charge in [0.05, 0.1) is 11.7 Å². The van der Waals surface area contributed by atoms with E-state index in [0.717, 1.165) is 30.5 Å². The molecular formula is C19H21N3O2. The van der Waals surface area contributed by atoms with Gasteiger partial charge in [0.1, 0.15) is 11.3 Å². The van der Waals surface area contributed by atoms with Gasteiger partial charge in [0, 0.05) is 0 Å². The Kier molecular flexibility index (Phi) is 4.62. The summed E-state index contributed by atoms with van der Waals surface area (Å²) in [6.45, 7) is 1.01. The summed E-state index contributed by atoms with van der Waals surface area (Å²) in [6.07, 6.45) is 3.29. The van der Waals surface area contributed by atoms with Crippen LogP contribution in [0.2, 0.25) is 0 Å². The van der Waals surface area contributed by atoms with Crippen LogP contribution in [0.15, 0.2) is 47.5 Å². The van der Waals surface area contributed by atoms with E-state index in [1.807, 2.05) is 18.2 Å². The van der Waals surface area contributed by atoms with Crippen molar-refractivity contribution in [3.8, 4) is 16.9 Å². The van der Waals surface area contributed by atoms with Gasteiger partial charge >= 0.3 is 0 Å². The van der Waals surface area contributed by atoms with Gasteiger partial charge < -0.3 is 15.0 Å². The standard InChI is InChI=1S/C19H21N3O2/c1-22(2)9-5-7-13-6-3-4-8-15(13)14-10-16-18(17(23)11-14)20-12-21-19(16)24/h3-4,6,8,10-12,23H,5,7,9H2,1-2H3,(H,20,21,24). The predicted molar refractivity (Wildman–Crippen MR) is 96.3 cm³/mol. The molecule has 5 heteroatoms. The molecule has 2 N–H and O–H groups in total. The zero-order valence-corrected chi connectivity index (χ0v) is 13.9. The van der Waals surface area contributed by atoms with Crippen LogP contribution in [0.25, 0.3) is 22.0 Å². The van der Waals surface area contributed by atoms with Crippen molar-refractivity contribution in [3.05, 3.63) is 58.6 Å². The fourth-order valence-electron chi connectivity index (χ4n) is 2.92. The number of phenols is 1. The molecule has 0 atom stereocenters. The van der Waals surface area contributed by atoms with E-state index in [4.69, 9.17) is 0 Å². The first-order valence-electron chi connectivity index (χ1n) is 7.99. The maximum atomic E-state index is 12.0. The molecular weight excluding hydrogens is 302 g/mol. The lowest BCUT2D eigenvalue weighted by Gasteiger charge is -2.13. The van der Waals surface area contributed by atoms with Crippen LogP contribution in [0, 0.1) is 0 Å². The summed E-state index contributed by atoms with van der Waals surface area (Å²) in [5, 5.41) is 10.7. The number of aromatic hydroxyl groups is 1. The molecule has 24 heavy (non-hydrogen) atoms. The molecule has 0 fully saturated rings. The number of rotatable bonds is 5. The Morgan fingerprint density at radius 2 is 2.00 bits per heavy atom. The first-order valence-corrected chi connectivity index (χ1v) is 7.99. The highest BCUT2D eigenvalue weighted by Gasteiger charge is 2.11. The van der Waals surface area contributed by atoms with E-state index in [1.165, 1.54) is 11.9 Å². The van der Waals surface area contributed by atoms with E-state index in [2.05, 4.69) is 35.0 Å². The summed E-state index contributed by atoms with van der Waals surface area (Å²) < 4.78 is 0. The summed E-state index contributed by atoms with van der Waals surface area (Å²) in [5.74, 6) is 0.0247. The number of benzene rings is 2. The normalized spacial score (nSPS) is 11.3. The molecule has 0 unspecified atom stereocenters. The van der Waals surface area contributed by atoms with E-state index in [1.54, 1.807) is 12.1 Å². The maximum absolute atomic E-state index is 12.0. The molecule has 0 bridgehead atoms. The van der Waals surface area contributed by atoms with Gasteiger partial charge in [-0.15, -0.1) is 0 Å². The van der Waals surface area contributed by atoms with Crippen LogP contribution in [0.4, 0.5) is 0 Å². The Morgan fingerprint density at radius 1 is 1.21 bits per heavy atom. The third kappa shape index (κ3) is 3.31. The fraction of sp³-hybridized carbons (Fsp3) is 0.263. The quantitative estimate of drug-likeness (QED) is 0.757. The fourth-order valence-corrected chi connectivity index (χ4v) is 2.92. The van der Waals surface area contributed by atoms with Gasteiger partial charge in [-0.25, -0.2) is 4.98 Å². The van der Waals surface area contributed by atoms with Crippen LogP contribution in [0.1, 0.15) is 12.0 Å². The maximum Gasteiger partial charge on any atom is 0.258 e. The van der Waals surface area contributed by atoms with Crippen LogP contribution in [0.5, 0.6) is 5.75 Å². The van der Waals surface area contributed by atoms with Crippen molar-refractivity contribution < 1.29 is 5.11 Å². The van der Waals surface area contributed by atoms with Crippen molar-refractivity contribution in [2.75, 3.05) is 20.6 Å². The number of aryl methyl sites for hydroxylation is 1. The molecule has 0 saturated carbocycles. The minimum absolute atomic E-state index is 0.0247. The van der Waals surface area contributed by atoms with Gasteiger partial charge in [0.25, 0.3) is 5.56 Å². The van der Waals surface area contributed by atoms with Gasteiger partial charge in [0.2, 0.25) is 0 Å². The molecule has 0 aliphatic carbocycles. The van der Waals surface area contributed by atoms with Crippen molar-refractivity contribution >= 4 is 10.9 Å². The second-order valence-corrected chi connectivity index (χ2v) is 6.19. The topological polar surface area (TPSA) is 69.2 Å². The van der Waals surface area contributed by atoms with Crippen molar-refractivity contribution in [2.24, 2.45) is 0 Å². The predicted octanol–water partition coefficient (Wildman–Crippen LogP) is 2.79. The molecule has 124 valence electrons. The van der Waals surface area contributed by atoms with Crippen LogP contribution >= 0.6 is 0 Å². The van der Waals surface area contributed by atoms with Gasteiger partial charge in [0.15, 0.2) is 0 Å². The molecule has 0 amide bonds. The third-order valence-corrected chi connectivity index (χ3v) is 4.10. The third-order valence-electron chi connectivity index (χ3n) is 4.10. The summed E-state index contributed by atoms with van der Waals surface area (Å²) >= 11 is 0. The SMILES string of the molecule is CN(C)CCCc1ccccc1-c1cc(O)c2nc[nH]c(=O)c2c1. The average Bonchev–Trinajstić information content (AvgIpc) is 2.56. The molecule has 5 nitrogen and oxygen atoms in total. The second-order valence-electron chi connectivity index (χ2n) is 6.19. The van der Waals surface area contributed by atoms with Gasteiger partial charge in [-0.05, 0) is 62.3 Å². The smallest absolute Gasteiger partial charge is 0.258 e. The molecule has 2 aromatic carbocycles. The number of aromatic nitrogens is 2. The number of nitrogens with zero attached hydrogens (tertiary/aromatic N) is 2. The summed E-state index contributed by atoms with van der Waals surface area (Å²) in [4.78, 5) is 20.8. The molecule has 0 saturated heterocycles. The zero-order chi connectivity index (χ0) is 17.1. The number of hydrogen-bond donors (Lipinski definition) is 2. The number of aromatic amines is 1. The molecule has 1 heterocycles. The number of hydrogen-bond acceptors (Lipinski definition) is 4. The molecule has 3 rings (SSSR count). The van der Waals surface area contributed by atoms with Crippen molar-refractivity contribution in [1.29, 1.82) is 0 Å². The number of fused-ring (bicyclic) bond motifs is 1. The van der Waals surface area contributed by atoms with Gasteiger partial charge in [-0.3, -0.25) is 4.79 Å². The average molecular weight is 323 g/mol. The van der Waals surface area contributed by atoms with E-state index in [-0.39, 0.29) is 11.3 Å².